The summed E-state index contributed by atoms with van der Waals surface area (Å²) in [6, 6.07) is 8.95. The van der Waals surface area contributed by atoms with Gasteiger partial charge >= 0.3 is 6.18 Å². The molecule has 3 rings (SSSR count). The molecule has 146 valence electrons. The lowest BCUT2D eigenvalue weighted by atomic mass is 10.2. The molecule has 8 heteroatoms. The summed E-state index contributed by atoms with van der Waals surface area (Å²) in [6.45, 7) is 6.30. The average molecular weight is 400 g/mol. The van der Waals surface area contributed by atoms with E-state index in [1.165, 1.54) is 5.56 Å². The van der Waals surface area contributed by atoms with E-state index in [-0.39, 0.29) is 5.02 Å². The summed E-state index contributed by atoms with van der Waals surface area (Å²) in [5.74, 6) is 1.26. The monoisotopic (exact) mass is 399 g/mol. The number of hydrogen-bond donors (Lipinski definition) is 0. The molecule has 4 nitrogen and oxygen atoms in total. The Morgan fingerprint density at radius 1 is 1.11 bits per heavy atom. The molecule has 27 heavy (non-hydrogen) atoms. The summed E-state index contributed by atoms with van der Waals surface area (Å²) < 4.78 is 43.7. The fourth-order valence-corrected chi connectivity index (χ4v) is 3.34. The van der Waals surface area contributed by atoms with Gasteiger partial charge in [-0.25, -0.2) is 4.98 Å². The molecular formula is C19H21ClF3N3O. The summed E-state index contributed by atoms with van der Waals surface area (Å²) in [7, 11) is 0. The zero-order valence-electron chi connectivity index (χ0n) is 15.0. The maximum absolute atomic E-state index is 12.7. The van der Waals surface area contributed by atoms with Gasteiger partial charge in [0.15, 0.2) is 0 Å². The molecule has 0 radical (unpaired) electrons. The highest BCUT2D eigenvalue weighted by Gasteiger charge is 2.32. The van der Waals surface area contributed by atoms with E-state index in [9.17, 15) is 13.2 Å². The largest absolute Gasteiger partial charge is 0.494 e. The van der Waals surface area contributed by atoms with Crippen molar-refractivity contribution in [1.29, 1.82) is 0 Å². The molecular weight excluding hydrogens is 379 g/mol. The number of rotatable bonds is 5. The van der Waals surface area contributed by atoms with Crippen LogP contribution in [0, 0.1) is 0 Å². The first-order chi connectivity index (χ1) is 12.9. The molecule has 0 atom stereocenters. The second-order valence-electron chi connectivity index (χ2n) is 6.37. The number of halogens is 4. The van der Waals surface area contributed by atoms with E-state index in [1.54, 1.807) is 0 Å². The van der Waals surface area contributed by atoms with E-state index in [0.717, 1.165) is 37.6 Å². The first-order valence-electron chi connectivity index (χ1n) is 8.78. The molecule has 1 saturated heterocycles. The molecule has 0 saturated carbocycles. The third kappa shape index (κ3) is 5.05. The van der Waals surface area contributed by atoms with Crippen molar-refractivity contribution in [3.63, 3.8) is 0 Å². The lowest BCUT2D eigenvalue weighted by Gasteiger charge is -2.35. The molecule has 1 aromatic carbocycles. The summed E-state index contributed by atoms with van der Waals surface area (Å²) in [5, 5.41) is 0.0322. The molecule has 0 unspecified atom stereocenters. The summed E-state index contributed by atoms with van der Waals surface area (Å²) in [5.41, 5.74) is 0.364. The molecule has 1 aliphatic heterocycles. The van der Waals surface area contributed by atoms with Crippen LogP contribution in [0.15, 0.2) is 36.5 Å². The Labute approximate surface area is 161 Å². The first kappa shape index (κ1) is 19.8. The summed E-state index contributed by atoms with van der Waals surface area (Å²) >= 11 is 6.05. The predicted octanol–water partition coefficient (Wildman–Crippen LogP) is 4.47. The summed E-state index contributed by atoms with van der Waals surface area (Å²) in [4.78, 5) is 8.17. The molecule has 0 spiro atoms. The third-order valence-electron chi connectivity index (χ3n) is 4.46. The molecule has 2 heterocycles. The lowest BCUT2D eigenvalue weighted by Crippen LogP contribution is -2.46. The van der Waals surface area contributed by atoms with Gasteiger partial charge in [-0.3, -0.25) is 4.90 Å². The van der Waals surface area contributed by atoms with Crippen LogP contribution in [0.2, 0.25) is 5.02 Å². The van der Waals surface area contributed by atoms with Gasteiger partial charge < -0.3 is 9.64 Å². The molecule has 1 fully saturated rings. The summed E-state index contributed by atoms with van der Waals surface area (Å²) in [6.07, 6.45) is -3.60. The maximum atomic E-state index is 12.7. The highest BCUT2D eigenvalue weighted by molar-refractivity contribution is 6.33. The molecule has 2 aromatic rings. The maximum Gasteiger partial charge on any atom is 0.417 e. The van der Waals surface area contributed by atoms with Crippen LogP contribution in [-0.4, -0.2) is 42.7 Å². The van der Waals surface area contributed by atoms with Crippen LogP contribution in [0.4, 0.5) is 19.0 Å². The molecule has 0 N–H and O–H groups in total. The van der Waals surface area contributed by atoms with E-state index in [0.29, 0.717) is 25.5 Å². The normalized spacial score (nSPS) is 15.8. The first-order valence-corrected chi connectivity index (χ1v) is 9.16. The standard InChI is InChI=1S/C19H21ClF3N3O/c1-2-27-16-5-3-14(4-6-16)13-25-7-9-26(10-8-25)18-17(20)11-15(12-24-18)19(21,22)23/h3-6,11-12H,2,7-10,13H2,1H3. The Morgan fingerprint density at radius 2 is 1.78 bits per heavy atom. The van der Waals surface area contributed by atoms with E-state index < -0.39 is 11.7 Å². The number of hydrogen-bond acceptors (Lipinski definition) is 4. The van der Waals surface area contributed by atoms with Crippen molar-refractivity contribution in [1.82, 2.24) is 9.88 Å². The second kappa shape index (κ2) is 8.35. The fourth-order valence-electron chi connectivity index (χ4n) is 3.05. The number of piperazine rings is 1. The third-order valence-corrected chi connectivity index (χ3v) is 4.74. The van der Waals surface area contributed by atoms with Gasteiger partial charge in [0, 0.05) is 38.9 Å². The van der Waals surface area contributed by atoms with Gasteiger partial charge in [0.1, 0.15) is 11.6 Å². The van der Waals surface area contributed by atoms with Crippen LogP contribution < -0.4 is 9.64 Å². The molecule has 0 bridgehead atoms. The number of anilines is 1. The predicted molar refractivity (Wildman–Crippen MR) is 99.4 cm³/mol. The van der Waals surface area contributed by atoms with Gasteiger partial charge in [0.2, 0.25) is 0 Å². The van der Waals surface area contributed by atoms with Crippen LogP contribution in [0.1, 0.15) is 18.1 Å². The minimum atomic E-state index is -4.44. The highest BCUT2D eigenvalue weighted by Crippen LogP contribution is 2.33. The van der Waals surface area contributed by atoms with Gasteiger partial charge in [-0.05, 0) is 30.7 Å². The topological polar surface area (TPSA) is 28.6 Å². The van der Waals surface area contributed by atoms with Gasteiger partial charge in [0.25, 0.3) is 0 Å². The van der Waals surface area contributed by atoms with Crippen LogP contribution in [0.3, 0.4) is 0 Å². The number of pyridine rings is 1. The molecule has 1 aromatic heterocycles. The number of aromatic nitrogens is 1. The minimum absolute atomic E-state index is 0.0322. The van der Waals surface area contributed by atoms with Crippen molar-refractivity contribution in [2.24, 2.45) is 0 Å². The van der Waals surface area contributed by atoms with Crippen molar-refractivity contribution in [2.75, 3.05) is 37.7 Å². The van der Waals surface area contributed by atoms with Crippen LogP contribution >= 0.6 is 11.6 Å². The second-order valence-corrected chi connectivity index (χ2v) is 6.77. The quantitative estimate of drug-likeness (QED) is 0.741. The lowest BCUT2D eigenvalue weighted by molar-refractivity contribution is -0.137. The van der Waals surface area contributed by atoms with E-state index in [2.05, 4.69) is 9.88 Å². The van der Waals surface area contributed by atoms with E-state index >= 15 is 0 Å². The molecule has 0 aliphatic carbocycles. The fraction of sp³-hybridized carbons (Fsp3) is 0.421. The average Bonchev–Trinajstić information content (AvgIpc) is 2.64. The smallest absolute Gasteiger partial charge is 0.417 e. The van der Waals surface area contributed by atoms with Crippen molar-refractivity contribution < 1.29 is 17.9 Å². The van der Waals surface area contributed by atoms with Crippen molar-refractivity contribution in [3.05, 3.63) is 52.7 Å². The van der Waals surface area contributed by atoms with Gasteiger partial charge in [0.05, 0.1) is 17.2 Å². The van der Waals surface area contributed by atoms with Gasteiger partial charge in [-0.2, -0.15) is 13.2 Å². The zero-order valence-corrected chi connectivity index (χ0v) is 15.7. The Bertz CT molecular complexity index is 760. The zero-order chi connectivity index (χ0) is 19.4. The van der Waals surface area contributed by atoms with Crippen LogP contribution in [-0.2, 0) is 12.7 Å². The number of benzene rings is 1. The Balaban J connectivity index is 1.57. The minimum Gasteiger partial charge on any atom is -0.494 e. The number of alkyl halides is 3. The SMILES string of the molecule is CCOc1ccc(CN2CCN(c3ncc(C(F)(F)F)cc3Cl)CC2)cc1. The number of ether oxygens (including phenoxy) is 1. The van der Waals surface area contributed by atoms with E-state index in [4.69, 9.17) is 16.3 Å². The number of nitrogens with zero attached hydrogens (tertiary/aromatic N) is 3. The Hall–Kier alpha value is -1.99. The van der Waals surface area contributed by atoms with Crippen LogP contribution in [0.5, 0.6) is 5.75 Å². The van der Waals surface area contributed by atoms with Crippen LogP contribution in [0.25, 0.3) is 0 Å². The van der Waals surface area contributed by atoms with E-state index in [1.807, 2.05) is 36.1 Å². The van der Waals surface area contributed by atoms with Crippen molar-refractivity contribution in [2.45, 2.75) is 19.6 Å². The van der Waals surface area contributed by atoms with Crippen molar-refractivity contribution in [3.8, 4) is 5.75 Å². The Morgan fingerprint density at radius 3 is 2.33 bits per heavy atom. The molecule has 1 aliphatic rings. The Kier molecular flexibility index (Phi) is 6.11. The van der Waals surface area contributed by atoms with Crippen molar-refractivity contribution >= 4 is 17.4 Å². The highest BCUT2D eigenvalue weighted by atomic mass is 35.5. The molecule has 0 amide bonds. The van der Waals surface area contributed by atoms with Gasteiger partial charge in [-0.1, -0.05) is 23.7 Å². The van der Waals surface area contributed by atoms with Gasteiger partial charge in [-0.15, -0.1) is 0 Å².